The molecule has 1 aliphatic rings. The Bertz CT molecular complexity index is 1330. The number of hydrogen-bond donors (Lipinski definition) is 3. The molecular formula is C24H26F2N6O4. The summed E-state index contributed by atoms with van der Waals surface area (Å²) in [6, 6.07) is 1.02. The molecule has 4 N–H and O–H groups in total. The minimum atomic E-state index is -0.976. The van der Waals surface area contributed by atoms with E-state index in [1.807, 2.05) is 0 Å². The van der Waals surface area contributed by atoms with E-state index < -0.39 is 17.2 Å². The number of aromatic nitrogens is 3. The molecule has 1 aliphatic heterocycles. The van der Waals surface area contributed by atoms with Gasteiger partial charge in [-0.15, -0.1) is 0 Å². The summed E-state index contributed by atoms with van der Waals surface area (Å²) in [5, 5.41) is 11.0. The largest absolute Gasteiger partial charge is 0.493 e. The summed E-state index contributed by atoms with van der Waals surface area (Å²) in [5.74, 6) is 2.55. The molecule has 3 aromatic rings. The van der Waals surface area contributed by atoms with E-state index in [-0.39, 0.29) is 40.5 Å². The third kappa shape index (κ3) is 4.62. The number of pyridine rings is 1. The number of carbonyl (C=O) groups is 1. The van der Waals surface area contributed by atoms with Crippen molar-refractivity contribution in [2.24, 2.45) is 0 Å². The van der Waals surface area contributed by atoms with Crippen LogP contribution < -0.4 is 25.8 Å². The maximum atomic E-state index is 14.9. The minimum Gasteiger partial charge on any atom is -0.493 e. The number of rotatable bonds is 7. The first kappa shape index (κ1) is 25.2. The van der Waals surface area contributed by atoms with Crippen LogP contribution in [0.5, 0.6) is 11.5 Å². The Morgan fingerprint density at radius 3 is 2.58 bits per heavy atom. The fourth-order valence-corrected chi connectivity index (χ4v) is 4.04. The zero-order valence-electron chi connectivity index (χ0n) is 20.1. The molecule has 0 radical (unpaired) electrons. The van der Waals surface area contributed by atoms with Crippen molar-refractivity contribution in [1.82, 2.24) is 25.4 Å². The number of halogens is 2. The van der Waals surface area contributed by atoms with Gasteiger partial charge in [-0.3, -0.25) is 9.48 Å². The number of nitrogen functional groups attached to an aromatic ring is 1. The summed E-state index contributed by atoms with van der Waals surface area (Å²) in [4.78, 5) is 17.1. The molecule has 0 unspecified atom stereocenters. The van der Waals surface area contributed by atoms with Gasteiger partial charge in [0.1, 0.15) is 17.1 Å². The Morgan fingerprint density at radius 1 is 1.25 bits per heavy atom. The van der Waals surface area contributed by atoms with Gasteiger partial charge in [-0.05, 0) is 18.9 Å². The highest BCUT2D eigenvalue weighted by atomic mass is 19.1. The number of nitrogens with two attached hydrogens (primary N) is 1. The predicted octanol–water partition coefficient (Wildman–Crippen LogP) is 1.62. The summed E-state index contributed by atoms with van der Waals surface area (Å²) in [6.07, 6.45) is 2.14. The van der Waals surface area contributed by atoms with Crippen molar-refractivity contribution < 1.29 is 27.8 Å². The quantitative estimate of drug-likeness (QED) is 0.330. The molecular weight excluding hydrogens is 474 g/mol. The molecule has 0 bridgehead atoms. The normalized spacial score (nSPS) is 15.0. The Kier molecular flexibility index (Phi) is 7.52. The molecule has 1 aromatic carbocycles. The van der Waals surface area contributed by atoms with Crippen molar-refractivity contribution in [3.05, 3.63) is 40.7 Å². The van der Waals surface area contributed by atoms with Gasteiger partial charge in [0.15, 0.2) is 23.1 Å². The number of nitrogens with one attached hydrogen (secondary N) is 2. The number of methoxy groups -OCH3 is 3. The SMILES string of the molecule is COCCNC(=O)c1cnc(N)c2c(C#Cc3c(F)c(OC)cc(OC)c3F)nn([C@H]3CCNC3)c12. The van der Waals surface area contributed by atoms with Crippen LogP contribution in [0.1, 0.15) is 34.1 Å². The average Bonchev–Trinajstić information content (AvgIpc) is 3.53. The molecule has 12 heteroatoms. The lowest BCUT2D eigenvalue weighted by atomic mass is 10.1. The van der Waals surface area contributed by atoms with Gasteiger partial charge in [-0.25, -0.2) is 13.8 Å². The highest BCUT2D eigenvalue weighted by molar-refractivity contribution is 6.09. The third-order valence-corrected chi connectivity index (χ3v) is 5.85. The third-order valence-electron chi connectivity index (χ3n) is 5.85. The standard InChI is InChI=1S/C24H26F2N6O4/c1-34-9-8-29-24(33)15-12-30-23(27)19-16(31-32(22(15)19)13-6-7-28-11-13)5-4-14-20(25)17(35-2)10-18(36-3)21(14)26/h10,12-13,28H,6-9,11H2,1-3H3,(H2,27,30)(H,29,33)/t13-/m0/s1. The zero-order valence-corrected chi connectivity index (χ0v) is 20.1. The van der Waals surface area contributed by atoms with E-state index >= 15 is 0 Å². The maximum absolute atomic E-state index is 14.9. The minimum absolute atomic E-state index is 0.0826. The Labute approximate surface area is 206 Å². The molecule has 4 rings (SSSR count). The Hall–Kier alpha value is -3.95. The Morgan fingerprint density at radius 2 is 1.97 bits per heavy atom. The highest BCUT2D eigenvalue weighted by Gasteiger charge is 2.27. The number of anilines is 1. The lowest BCUT2D eigenvalue weighted by Gasteiger charge is -2.13. The zero-order chi connectivity index (χ0) is 25.8. The van der Waals surface area contributed by atoms with Gasteiger partial charge in [0.25, 0.3) is 5.91 Å². The van der Waals surface area contributed by atoms with Crippen LogP contribution >= 0.6 is 0 Å². The molecule has 1 saturated heterocycles. The lowest BCUT2D eigenvalue weighted by molar-refractivity contribution is 0.0938. The topological polar surface area (TPSA) is 126 Å². The van der Waals surface area contributed by atoms with Gasteiger partial charge in [0.05, 0.1) is 43.3 Å². The van der Waals surface area contributed by atoms with Crippen LogP contribution in [0.3, 0.4) is 0 Å². The van der Waals surface area contributed by atoms with Crippen molar-refractivity contribution in [3.8, 4) is 23.3 Å². The molecule has 10 nitrogen and oxygen atoms in total. The second-order valence-corrected chi connectivity index (χ2v) is 8.00. The first-order valence-corrected chi connectivity index (χ1v) is 11.2. The van der Waals surface area contributed by atoms with Crippen molar-refractivity contribution in [1.29, 1.82) is 0 Å². The fraction of sp³-hybridized carbons (Fsp3) is 0.375. The van der Waals surface area contributed by atoms with Crippen LogP contribution in [0.25, 0.3) is 10.9 Å². The van der Waals surface area contributed by atoms with E-state index in [1.54, 1.807) is 4.68 Å². The number of ether oxygens (including phenoxy) is 3. The average molecular weight is 501 g/mol. The first-order chi connectivity index (χ1) is 17.4. The molecule has 3 heterocycles. The molecule has 0 aliphatic carbocycles. The van der Waals surface area contributed by atoms with Crippen LogP contribution in [0, 0.1) is 23.5 Å². The van der Waals surface area contributed by atoms with Gasteiger partial charge in [-0.1, -0.05) is 5.92 Å². The number of fused-ring (bicyclic) bond motifs is 1. The molecule has 2 aromatic heterocycles. The number of nitrogens with zero attached hydrogens (tertiary/aromatic N) is 3. The van der Waals surface area contributed by atoms with Crippen molar-refractivity contribution in [3.63, 3.8) is 0 Å². The van der Waals surface area contributed by atoms with Gasteiger partial charge < -0.3 is 30.6 Å². The van der Waals surface area contributed by atoms with E-state index in [4.69, 9.17) is 19.9 Å². The molecule has 36 heavy (non-hydrogen) atoms. The van der Waals surface area contributed by atoms with Gasteiger partial charge in [0, 0.05) is 32.5 Å². The second kappa shape index (κ2) is 10.8. The molecule has 1 amide bonds. The second-order valence-electron chi connectivity index (χ2n) is 8.00. The Balaban J connectivity index is 1.90. The van der Waals surface area contributed by atoms with E-state index in [0.29, 0.717) is 30.6 Å². The number of hydrogen-bond acceptors (Lipinski definition) is 8. The van der Waals surface area contributed by atoms with Crippen molar-refractivity contribution >= 4 is 22.6 Å². The predicted molar refractivity (Wildman–Crippen MR) is 128 cm³/mol. The van der Waals surface area contributed by atoms with Crippen LogP contribution in [0.4, 0.5) is 14.6 Å². The summed E-state index contributed by atoms with van der Waals surface area (Å²) in [6.45, 7) is 2.01. The van der Waals surface area contributed by atoms with Crippen LogP contribution in [0.15, 0.2) is 12.3 Å². The number of carbonyl (C=O) groups excluding carboxylic acids is 1. The van der Waals surface area contributed by atoms with Gasteiger partial charge in [0.2, 0.25) is 0 Å². The highest BCUT2D eigenvalue weighted by Crippen LogP contribution is 2.32. The molecule has 0 spiro atoms. The summed E-state index contributed by atoms with van der Waals surface area (Å²) in [7, 11) is 4.04. The molecule has 190 valence electrons. The smallest absolute Gasteiger partial charge is 0.255 e. The van der Waals surface area contributed by atoms with Crippen molar-refractivity contribution in [2.45, 2.75) is 12.5 Å². The van der Waals surface area contributed by atoms with Gasteiger partial charge >= 0.3 is 0 Å². The molecule has 1 atom stereocenters. The summed E-state index contributed by atoms with van der Waals surface area (Å²) < 4.78 is 46.4. The van der Waals surface area contributed by atoms with Crippen LogP contribution in [-0.4, -0.2) is 68.2 Å². The maximum Gasteiger partial charge on any atom is 0.255 e. The molecule has 1 fully saturated rings. The van der Waals surface area contributed by atoms with E-state index in [0.717, 1.165) is 19.0 Å². The first-order valence-electron chi connectivity index (χ1n) is 11.2. The van der Waals surface area contributed by atoms with Gasteiger partial charge in [-0.2, -0.15) is 5.10 Å². The fourth-order valence-electron chi connectivity index (χ4n) is 4.04. The lowest BCUT2D eigenvalue weighted by Crippen LogP contribution is -2.28. The number of amides is 1. The van der Waals surface area contributed by atoms with Crippen LogP contribution in [-0.2, 0) is 4.74 Å². The van der Waals surface area contributed by atoms with Crippen molar-refractivity contribution in [2.75, 3.05) is 53.3 Å². The van der Waals surface area contributed by atoms with E-state index in [2.05, 4.69) is 32.6 Å². The summed E-state index contributed by atoms with van der Waals surface area (Å²) in [5.41, 5.74) is 6.48. The molecule has 0 saturated carbocycles. The number of benzene rings is 1. The van der Waals surface area contributed by atoms with E-state index in [1.165, 1.54) is 27.5 Å². The van der Waals surface area contributed by atoms with E-state index in [9.17, 15) is 13.6 Å². The summed E-state index contributed by atoms with van der Waals surface area (Å²) >= 11 is 0. The monoisotopic (exact) mass is 500 g/mol. The van der Waals surface area contributed by atoms with Crippen LogP contribution in [0.2, 0.25) is 0 Å².